The second-order valence-corrected chi connectivity index (χ2v) is 4.94. The van der Waals surface area contributed by atoms with Gasteiger partial charge in [-0.2, -0.15) is 0 Å². The third-order valence-corrected chi connectivity index (χ3v) is 3.62. The summed E-state index contributed by atoms with van der Waals surface area (Å²) in [6, 6.07) is 8.68. The van der Waals surface area contributed by atoms with Crippen molar-refractivity contribution in [2.24, 2.45) is 5.92 Å². The highest BCUT2D eigenvalue weighted by atomic mass is 31.1. The van der Waals surface area contributed by atoms with Gasteiger partial charge in [0, 0.05) is 0 Å². The van der Waals surface area contributed by atoms with Gasteiger partial charge in [0.2, 0.25) is 0 Å². The minimum atomic E-state index is 0.803. The van der Waals surface area contributed by atoms with Gasteiger partial charge >= 0.3 is 0 Å². The van der Waals surface area contributed by atoms with E-state index in [1.165, 1.54) is 17.0 Å². The third kappa shape index (κ3) is 3.74. The zero-order valence-electron chi connectivity index (χ0n) is 8.38. The zero-order valence-corrected chi connectivity index (χ0v) is 9.38. The first-order chi connectivity index (χ1) is 6.22. The van der Waals surface area contributed by atoms with E-state index in [4.69, 9.17) is 0 Å². The van der Waals surface area contributed by atoms with E-state index in [9.17, 15) is 0 Å². The summed E-state index contributed by atoms with van der Waals surface area (Å²) in [5, 5.41) is 1.46. The van der Waals surface area contributed by atoms with Gasteiger partial charge in [-0.25, -0.2) is 0 Å². The van der Waals surface area contributed by atoms with Gasteiger partial charge in [-0.1, -0.05) is 59.3 Å². The highest BCUT2D eigenvalue weighted by molar-refractivity contribution is 7.47. The predicted molar refractivity (Wildman–Crippen MR) is 64.2 cm³/mol. The van der Waals surface area contributed by atoms with E-state index in [-0.39, 0.29) is 0 Å². The minimum absolute atomic E-state index is 0.803. The summed E-state index contributed by atoms with van der Waals surface area (Å²) >= 11 is 0. The van der Waals surface area contributed by atoms with E-state index in [1.807, 2.05) is 6.08 Å². The Kier molecular flexibility index (Phi) is 4.18. The molecule has 0 aliphatic carbocycles. The van der Waals surface area contributed by atoms with Gasteiger partial charge in [0.25, 0.3) is 0 Å². The maximum absolute atomic E-state index is 3.74. The molecule has 1 rings (SSSR count). The highest BCUT2D eigenvalue weighted by Crippen LogP contribution is 2.15. The van der Waals surface area contributed by atoms with Crippen LogP contribution in [0, 0.1) is 5.92 Å². The fourth-order valence-electron chi connectivity index (χ4n) is 1.06. The normalized spacial score (nSPS) is 11.3. The Morgan fingerprint density at radius 2 is 1.92 bits per heavy atom. The molecule has 0 spiro atoms. The number of benzene rings is 1. The molecule has 1 heteroatoms. The average molecular weight is 192 g/mol. The molecule has 0 bridgehead atoms. The van der Waals surface area contributed by atoms with E-state index in [2.05, 4.69) is 44.7 Å². The summed E-state index contributed by atoms with van der Waals surface area (Å²) in [6.07, 6.45) is 3.18. The standard InChI is InChI=1S/C12H17P/c1-4-11-5-7-12(8-6-11)13-9-10(2)3/h4-8,10,13H,1,9H2,2-3H3. The molecular weight excluding hydrogens is 175 g/mol. The Morgan fingerprint density at radius 1 is 1.31 bits per heavy atom. The van der Waals surface area contributed by atoms with E-state index < -0.39 is 0 Å². The smallest absolute Gasteiger partial charge is 0.0262 e. The molecule has 1 aromatic carbocycles. The predicted octanol–water partition coefficient (Wildman–Crippen LogP) is 3.29. The van der Waals surface area contributed by atoms with Gasteiger partial charge in [0.15, 0.2) is 0 Å². The average Bonchev–Trinajstić information content (AvgIpc) is 2.15. The lowest BCUT2D eigenvalue weighted by Gasteiger charge is -2.04. The van der Waals surface area contributed by atoms with Crippen molar-refractivity contribution in [3.05, 3.63) is 36.4 Å². The van der Waals surface area contributed by atoms with Crippen LogP contribution in [0.2, 0.25) is 0 Å². The Labute approximate surface area is 82.8 Å². The van der Waals surface area contributed by atoms with Crippen molar-refractivity contribution in [1.82, 2.24) is 0 Å². The van der Waals surface area contributed by atoms with E-state index in [0.29, 0.717) is 0 Å². The summed E-state index contributed by atoms with van der Waals surface area (Å²) in [5.74, 6) is 0.803. The van der Waals surface area contributed by atoms with Crippen LogP contribution in [0.1, 0.15) is 19.4 Å². The number of hydrogen-bond donors (Lipinski definition) is 0. The highest BCUT2D eigenvalue weighted by Gasteiger charge is 1.95. The molecule has 70 valence electrons. The summed E-state index contributed by atoms with van der Waals surface area (Å²) in [6.45, 7) is 8.27. The van der Waals surface area contributed by atoms with Crippen LogP contribution in [-0.2, 0) is 0 Å². The quantitative estimate of drug-likeness (QED) is 0.642. The lowest BCUT2D eigenvalue weighted by molar-refractivity contribution is 0.749. The van der Waals surface area contributed by atoms with Crippen LogP contribution in [-0.4, -0.2) is 6.16 Å². The monoisotopic (exact) mass is 192 g/mol. The first kappa shape index (κ1) is 10.5. The largest absolute Gasteiger partial charge is 0.0985 e. The van der Waals surface area contributed by atoms with E-state index >= 15 is 0 Å². The Hall–Kier alpha value is -0.610. The third-order valence-electron chi connectivity index (χ3n) is 1.86. The molecule has 0 heterocycles. The molecule has 0 aromatic heterocycles. The number of hydrogen-bond acceptors (Lipinski definition) is 0. The minimum Gasteiger partial charge on any atom is -0.0985 e. The molecule has 1 unspecified atom stereocenters. The Balaban J connectivity index is 2.54. The first-order valence-electron chi connectivity index (χ1n) is 4.68. The van der Waals surface area contributed by atoms with E-state index in [0.717, 1.165) is 14.5 Å². The maximum Gasteiger partial charge on any atom is -0.0262 e. The molecule has 0 nitrogen and oxygen atoms in total. The van der Waals surface area contributed by atoms with Crippen LogP contribution in [0.3, 0.4) is 0 Å². The van der Waals surface area contributed by atoms with Crippen LogP contribution in [0.15, 0.2) is 30.8 Å². The van der Waals surface area contributed by atoms with Crippen LogP contribution < -0.4 is 5.30 Å². The summed E-state index contributed by atoms with van der Waals surface area (Å²) in [5.41, 5.74) is 1.21. The van der Waals surface area contributed by atoms with Crippen molar-refractivity contribution in [2.75, 3.05) is 6.16 Å². The number of rotatable bonds is 4. The fourth-order valence-corrected chi connectivity index (χ4v) is 2.11. The second kappa shape index (κ2) is 5.19. The maximum atomic E-state index is 3.74. The van der Waals surface area contributed by atoms with Gasteiger partial charge in [-0.15, -0.1) is 0 Å². The molecular formula is C12H17P. The topological polar surface area (TPSA) is 0 Å². The molecule has 0 N–H and O–H groups in total. The van der Waals surface area contributed by atoms with Crippen molar-refractivity contribution in [3.63, 3.8) is 0 Å². The van der Waals surface area contributed by atoms with Gasteiger partial charge in [0.05, 0.1) is 0 Å². The summed E-state index contributed by atoms with van der Waals surface area (Å²) < 4.78 is 0. The van der Waals surface area contributed by atoms with Gasteiger partial charge < -0.3 is 0 Å². The van der Waals surface area contributed by atoms with Crippen molar-refractivity contribution in [1.29, 1.82) is 0 Å². The van der Waals surface area contributed by atoms with Crippen LogP contribution in [0.25, 0.3) is 6.08 Å². The SMILES string of the molecule is C=Cc1ccc(PCC(C)C)cc1. The van der Waals surface area contributed by atoms with Crippen molar-refractivity contribution in [3.8, 4) is 0 Å². The molecule has 0 amide bonds. The van der Waals surface area contributed by atoms with Crippen LogP contribution >= 0.6 is 8.58 Å². The van der Waals surface area contributed by atoms with Crippen LogP contribution in [0.5, 0.6) is 0 Å². The zero-order chi connectivity index (χ0) is 9.68. The first-order valence-corrected chi connectivity index (χ1v) is 5.89. The molecule has 0 saturated carbocycles. The van der Waals surface area contributed by atoms with Gasteiger partial charge in [0.1, 0.15) is 0 Å². The molecule has 13 heavy (non-hydrogen) atoms. The molecule has 0 saturated heterocycles. The van der Waals surface area contributed by atoms with E-state index in [1.54, 1.807) is 0 Å². The Bertz CT molecular complexity index is 259. The van der Waals surface area contributed by atoms with Crippen molar-refractivity contribution >= 4 is 20.0 Å². The molecule has 1 aromatic rings. The fraction of sp³-hybridized carbons (Fsp3) is 0.333. The van der Waals surface area contributed by atoms with Crippen molar-refractivity contribution < 1.29 is 0 Å². The molecule has 1 atom stereocenters. The van der Waals surface area contributed by atoms with Gasteiger partial charge in [-0.3, -0.25) is 0 Å². The molecule has 0 aliphatic rings. The molecule has 0 fully saturated rings. The second-order valence-electron chi connectivity index (χ2n) is 3.60. The molecule has 0 aliphatic heterocycles. The summed E-state index contributed by atoms with van der Waals surface area (Å²) in [7, 11) is 0.948. The van der Waals surface area contributed by atoms with Gasteiger partial charge in [-0.05, 0) is 22.9 Å². The van der Waals surface area contributed by atoms with Crippen LogP contribution in [0.4, 0.5) is 0 Å². The summed E-state index contributed by atoms with van der Waals surface area (Å²) in [4.78, 5) is 0. The Morgan fingerprint density at radius 3 is 2.38 bits per heavy atom. The lowest BCUT2D eigenvalue weighted by atomic mass is 10.2. The van der Waals surface area contributed by atoms with Crippen molar-refractivity contribution in [2.45, 2.75) is 13.8 Å². The lowest BCUT2D eigenvalue weighted by Crippen LogP contribution is -1.98. The molecule has 0 radical (unpaired) electrons.